The number of aliphatic hydroxyl groups excluding tert-OH is 1. The Balaban J connectivity index is 2.57. The minimum Gasteiger partial charge on any atom is -0.480 e. The van der Waals surface area contributed by atoms with Gasteiger partial charge in [-0.3, -0.25) is 14.4 Å². The number of unbranched alkanes of at least 4 members (excludes halogenated alkanes) is 1. The molecule has 1 aliphatic heterocycles. The smallest absolute Gasteiger partial charge is 0.326 e. The predicted molar refractivity (Wildman–Crippen MR) is 99.9 cm³/mol. The summed E-state index contributed by atoms with van der Waals surface area (Å²) in [6.07, 6.45) is 1.49. The molecule has 1 aliphatic rings. The molecule has 11 heteroatoms. The predicted octanol–water partition coefficient (Wildman–Crippen LogP) is -2.50. The summed E-state index contributed by atoms with van der Waals surface area (Å²) in [6, 6.07) is -3.03. The van der Waals surface area contributed by atoms with Crippen molar-refractivity contribution in [1.29, 1.82) is 0 Å². The van der Waals surface area contributed by atoms with Gasteiger partial charge in [0, 0.05) is 6.54 Å². The fraction of sp³-hybridized carbons (Fsp3) is 0.765. The van der Waals surface area contributed by atoms with Crippen molar-refractivity contribution in [3.05, 3.63) is 0 Å². The Morgan fingerprint density at radius 2 is 1.89 bits per heavy atom. The van der Waals surface area contributed by atoms with E-state index in [1.807, 2.05) is 0 Å². The van der Waals surface area contributed by atoms with Crippen LogP contribution in [-0.2, 0) is 19.2 Å². The van der Waals surface area contributed by atoms with E-state index in [2.05, 4.69) is 10.6 Å². The number of amides is 3. The Labute approximate surface area is 163 Å². The number of carbonyl (C=O) groups excluding carboxylic acids is 3. The number of carbonyl (C=O) groups is 4. The molecule has 1 saturated heterocycles. The molecule has 1 rings (SSSR count). The molecule has 4 atom stereocenters. The molecular weight excluding hydrogens is 370 g/mol. The van der Waals surface area contributed by atoms with Gasteiger partial charge in [-0.05, 0) is 39.2 Å². The lowest BCUT2D eigenvalue weighted by Gasteiger charge is -2.24. The highest BCUT2D eigenvalue weighted by molar-refractivity contribution is 5.93. The summed E-state index contributed by atoms with van der Waals surface area (Å²) in [4.78, 5) is 49.0. The van der Waals surface area contributed by atoms with Gasteiger partial charge in [0.25, 0.3) is 0 Å². The van der Waals surface area contributed by atoms with E-state index in [9.17, 15) is 24.3 Å². The first-order valence-electron chi connectivity index (χ1n) is 9.43. The average Bonchev–Trinajstić information content (AvgIpc) is 3.13. The second kappa shape index (κ2) is 11.6. The number of rotatable bonds is 11. The highest BCUT2D eigenvalue weighted by Crippen LogP contribution is 2.17. The first-order valence-corrected chi connectivity index (χ1v) is 9.43. The number of hydrogen-bond acceptors (Lipinski definition) is 7. The molecule has 0 aromatic heterocycles. The molecule has 1 heterocycles. The number of carboxylic acids is 1. The van der Waals surface area contributed by atoms with E-state index in [4.69, 9.17) is 16.6 Å². The topological polar surface area (TPSA) is 188 Å². The molecule has 11 nitrogen and oxygen atoms in total. The lowest BCUT2D eigenvalue weighted by atomic mass is 10.1. The monoisotopic (exact) mass is 401 g/mol. The fourth-order valence-electron chi connectivity index (χ4n) is 3.00. The zero-order valence-electron chi connectivity index (χ0n) is 16.1. The Kier molecular flexibility index (Phi) is 9.83. The van der Waals surface area contributed by atoms with Crippen LogP contribution in [0.25, 0.3) is 0 Å². The van der Waals surface area contributed by atoms with Crippen molar-refractivity contribution in [1.82, 2.24) is 15.5 Å². The fourth-order valence-corrected chi connectivity index (χ4v) is 3.00. The number of aliphatic carboxylic acids is 1. The lowest BCUT2D eigenvalue weighted by Crippen LogP contribution is -2.57. The maximum atomic E-state index is 12.3. The molecule has 0 saturated carbocycles. The van der Waals surface area contributed by atoms with Crippen LogP contribution in [0.15, 0.2) is 0 Å². The van der Waals surface area contributed by atoms with Gasteiger partial charge < -0.3 is 37.2 Å². The largest absolute Gasteiger partial charge is 0.480 e. The summed E-state index contributed by atoms with van der Waals surface area (Å²) in [7, 11) is 0. The number of hydrogen-bond donors (Lipinski definition) is 6. The first-order chi connectivity index (χ1) is 13.2. The summed E-state index contributed by atoms with van der Waals surface area (Å²) in [5, 5.41) is 23.7. The third-order valence-electron chi connectivity index (χ3n) is 4.64. The SMILES string of the molecule is CC(O)C(NC(=O)C(N)CCCCN)C(=O)NCC(=O)N1CCCC1C(=O)O. The third-order valence-corrected chi connectivity index (χ3v) is 4.64. The highest BCUT2D eigenvalue weighted by Gasteiger charge is 2.34. The minimum absolute atomic E-state index is 0.305. The molecular formula is C17H31N5O6. The molecule has 0 spiro atoms. The van der Waals surface area contributed by atoms with Crippen molar-refractivity contribution in [2.75, 3.05) is 19.6 Å². The molecule has 160 valence electrons. The number of nitrogens with two attached hydrogens (primary N) is 2. The van der Waals surface area contributed by atoms with Crippen molar-refractivity contribution in [3.63, 3.8) is 0 Å². The van der Waals surface area contributed by atoms with Crippen LogP contribution in [0.4, 0.5) is 0 Å². The van der Waals surface area contributed by atoms with Gasteiger partial charge in [0.15, 0.2) is 0 Å². The molecule has 0 aliphatic carbocycles. The summed E-state index contributed by atoms with van der Waals surface area (Å²) in [5.41, 5.74) is 11.2. The van der Waals surface area contributed by atoms with E-state index >= 15 is 0 Å². The number of nitrogens with one attached hydrogen (secondary N) is 2. The van der Waals surface area contributed by atoms with Gasteiger partial charge in [0.1, 0.15) is 12.1 Å². The van der Waals surface area contributed by atoms with Gasteiger partial charge in [-0.25, -0.2) is 4.79 Å². The van der Waals surface area contributed by atoms with E-state index in [-0.39, 0.29) is 0 Å². The van der Waals surface area contributed by atoms with E-state index in [0.717, 1.165) is 6.42 Å². The second-order valence-electron chi connectivity index (χ2n) is 6.92. The van der Waals surface area contributed by atoms with Gasteiger partial charge >= 0.3 is 5.97 Å². The van der Waals surface area contributed by atoms with Crippen molar-refractivity contribution in [2.45, 2.75) is 63.3 Å². The molecule has 1 fully saturated rings. The van der Waals surface area contributed by atoms with Crippen LogP contribution in [0.5, 0.6) is 0 Å². The number of aliphatic hydroxyl groups is 1. The van der Waals surface area contributed by atoms with Crippen LogP contribution < -0.4 is 22.1 Å². The lowest BCUT2D eigenvalue weighted by molar-refractivity contribution is -0.148. The summed E-state index contributed by atoms with van der Waals surface area (Å²) < 4.78 is 0. The van der Waals surface area contributed by atoms with Gasteiger partial charge in [-0.15, -0.1) is 0 Å². The first kappa shape index (κ1) is 23.8. The van der Waals surface area contributed by atoms with E-state index < -0.39 is 54.5 Å². The standard InChI is InChI=1S/C17H31N5O6/c1-10(23)14(21-15(25)11(19)5-2-3-7-18)16(26)20-9-13(24)22-8-4-6-12(22)17(27)28/h10-12,14,23H,2-9,18-19H2,1H3,(H,20,26)(H,21,25)(H,27,28). The van der Waals surface area contributed by atoms with Crippen LogP contribution in [-0.4, -0.2) is 82.7 Å². The highest BCUT2D eigenvalue weighted by atomic mass is 16.4. The van der Waals surface area contributed by atoms with Crippen LogP contribution in [0.1, 0.15) is 39.0 Å². The zero-order chi connectivity index (χ0) is 21.3. The Morgan fingerprint density at radius 1 is 1.21 bits per heavy atom. The van der Waals surface area contributed by atoms with Gasteiger partial charge in [-0.2, -0.15) is 0 Å². The number of likely N-dealkylation sites (tertiary alicyclic amines) is 1. The molecule has 0 aromatic carbocycles. The normalized spacial score (nSPS) is 19.6. The molecule has 4 unspecified atom stereocenters. The van der Waals surface area contributed by atoms with Crippen molar-refractivity contribution < 1.29 is 29.4 Å². The Bertz CT molecular complexity index is 570. The Morgan fingerprint density at radius 3 is 2.46 bits per heavy atom. The molecule has 28 heavy (non-hydrogen) atoms. The van der Waals surface area contributed by atoms with E-state index in [1.165, 1.54) is 11.8 Å². The van der Waals surface area contributed by atoms with E-state index in [1.54, 1.807) is 0 Å². The summed E-state index contributed by atoms with van der Waals surface area (Å²) in [6.45, 7) is 1.69. The number of carboxylic acid groups (broad SMARTS) is 1. The summed E-state index contributed by atoms with van der Waals surface area (Å²) in [5.74, 6) is -2.96. The van der Waals surface area contributed by atoms with Crippen LogP contribution in [0.2, 0.25) is 0 Å². The second-order valence-corrected chi connectivity index (χ2v) is 6.92. The maximum absolute atomic E-state index is 12.3. The van der Waals surface area contributed by atoms with Gasteiger partial charge in [0.05, 0.1) is 18.7 Å². The molecule has 8 N–H and O–H groups in total. The zero-order valence-corrected chi connectivity index (χ0v) is 16.1. The Hall–Kier alpha value is -2.24. The van der Waals surface area contributed by atoms with Crippen molar-refractivity contribution in [2.24, 2.45) is 11.5 Å². The minimum atomic E-state index is -1.28. The average molecular weight is 401 g/mol. The molecule has 0 bridgehead atoms. The van der Waals surface area contributed by atoms with Crippen molar-refractivity contribution in [3.8, 4) is 0 Å². The third kappa shape index (κ3) is 7.06. The van der Waals surface area contributed by atoms with Gasteiger partial charge in [-0.1, -0.05) is 6.42 Å². The van der Waals surface area contributed by atoms with Gasteiger partial charge in [0.2, 0.25) is 17.7 Å². The molecule has 3 amide bonds. The van der Waals surface area contributed by atoms with Crippen LogP contribution >= 0.6 is 0 Å². The van der Waals surface area contributed by atoms with E-state index in [0.29, 0.717) is 38.8 Å². The van der Waals surface area contributed by atoms with Crippen LogP contribution in [0, 0.1) is 0 Å². The quantitative estimate of drug-likeness (QED) is 0.205. The maximum Gasteiger partial charge on any atom is 0.326 e. The van der Waals surface area contributed by atoms with Crippen molar-refractivity contribution >= 4 is 23.7 Å². The summed E-state index contributed by atoms with van der Waals surface area (Å²) >= 11 is 0. The molecule has 0 aromatic rings. The molecule has 0 radical (unpaired) electrons. The number of nitrogens with zero attached hydrogens (tertiary/aromatic N) is 1. The van der Waals surface area contributed by atoms with Crippen LogP contribution in [0.3, 0.4) is 0 Å².